The molecule has 1 heterocycles. The topological polar surface area (TPSA) is 138 Å². The lowest BCUT2D eigenvalue weighted by atomic mass is 10.1. The van der Waals surface area contributed by atoms with E-state index in [1.165, 1.54) is 33.5 Å². The van der Waals surface area contributed by atoms with Crippen LogP contribution in [-0.4, -0.2) is 47.2 Å². The van der Waals surface area contributed by atoms with Crippen molar-refractivity contribution in [2.75, 3.05) is 21.3 Å². The Hall–Kier alpha value is -4.15. The fourth-order valence-corrected chi connectivity index (χ4v) is 2.84. The first-order valence-corrected chi connectivity index (χ1v) is 8.55. The van der Waals surface area contributed by atoms with Gasteiger partial charge >= 0.3 is 5.69 Å². The Morgan fingerprint density at radius 3 is 2.40 bits per heavy atom. The zero-order chi connectivity index (χ0) is 22.0. The van der Waals surface area contributed by atoms with E-state index in [2.05, 4.69) is 10.1 Å². The molecule has 0 amide bonds. The number of methoxy groups -OCH3 is 3. The van der Waals surface area contributed by atoms with E-state index in [0.29, 0.717) is 17.0 Å². The van der Waals surface area contributed by atoms with Crippen LogP contribution in [0, 0.1) is 17.0 Å². The third-order valence-corrected chi connectivity index (χ3v) is 4.35. The van der Waals surface area contributed by atoms with Gasteiger partial charge in [-0.3, -0.25) is 14.9 Å². The predicted molar refractivity (Wildman–Crippen MR) is 108 cm³/mol. The number of benzene rings is 2. The number of phenols is 1. The van der Waals surface area contributed by atoms with Gasteiger partial charge in [-0.25, -0.2) is 4.98 Å². The molecule has 0 aliphatic carbocycles. The molecule has 156 valence electrons. The molecular formula is C19H18N4O7. The van der Waals surface area contributed by atoms with Crippen molar-refractivity contribution < 1.29 is 24.2 Å². The van der Waals surface area contributed by atoms with Crippen molar-refractivity contribution in [1.82, 2.24) is 9.66 Å². The number of aromatic nitrogens is 2. The lowest BCUT2D eigenvalue weighted by Crippen LogP contribution is -2.20. The number of nitro benzene ring substituents is 1. The summed E-state index contributed by atoms with van der Waals surface area (Å²) in [5, 5.41) is 25.6. The number of rotatable bonds is 6. The minimum atomic E-state index is -0.746. The Bertz CT molecular complexity index is 1230. The summed E-state index contributed by atoms with van der Waals surface area (Å²) < 4.78 is 16.5. The van der Waals surface area contributed by atoms with Crippen LogP contribution in [-0.2, 0) is 0 Å². The van der Waals surface area contributed by atoms with Crippen molar-refractivity contribution >= 4 is 22.8 Å². The molecule has 0 fully saturated rings. The van der Waals surface area contributed by atoms with E-state index >= 15 is 0 Å². The molecule has 0 spiro atoms. The average molecular weight is 414 g/mol. The Balaban J connectivity index is 2.17. The number of hydrogen-bond donors (Lipinski definition) is 1. The Morgan fingerprint density at radius 2 is 1.80 bits per heavy atom. The van der Waals surface area contributed by atoms with Crippen molar-refractivity contribution in [2.45, 2.75) is 6.92 Å². The van der Waals surface area contributed by atoms with Crippen molar-refractivity contribution in [3.63, 3.8) is 0 Å². The summed E-state index contributed by atoms with van der Waals surface area (Å²) in [4.78, 5) is 27.7. The lowest BCUT2D eigenvalue weighted by molar-refractivity contribution is -0.385. The van der Waals surface area contributed by atoms with E-state index in [0.717, 1.165) is 17.0 Å². The summed E-state index contributed by atoms with van der Waals surface area (Å²) in [7, 11) is 4.25. The molecule has 0 saturated carbocycles. The molecule has 11 nitrogen and oxygen atoms in total. The molecule has 3 rings (SSSR count). The number of aryl methyl sites for hydroxylation is 1. The normalized spacial score (nSPS) is 11.1. The zero-order valence-electron chi connectivity index (χ0n) is 16.6. The molecule has 0 aliphatic rings. The summed E-state index contributed by atoms with van der Waals surface area (Å²) in [5.74, 6) is 0.581. The molecule has 1 aromatic heterocycles. The van der Waals surface area contributed by atoms with Crippen LogP contribution in [0.3, 0.4) is 0 Å². The molecule has 0 unspecified atom stereocenters. The van der Waals surface area contributed by atoms with Gasteiger partial charge in [0.25, 0.3) is 5.56 Å². The molecule has 30 heavy (non-hydrogen) atoms. The zero-order valence-corrected chi connectivity index (χ0v) is 16.6. The quantitative estimate of drug-likeness (QED) is 0.368. The maximum Gasteiger partial charge on any atom is 0.315 e. The first-order chi connectivity index (χ1) is 14.3. The Morgan fingerprint density at radius 1 is 1.13 bits per heavy atom. The van der Waals surface area contributed by atoms with Gasteiger partial charge in [-0.05, 0) is 19.1 Å². The van der Waals surface area contributed by atoms with Crippen LogP contribution in [0.4, 0.5) is 5.69 Å². The van der Waals surface area contributed by atoms with E-state index in [9.17, 15) is 20.0 Å². The predicted octanol–water partition coefficient (Wildman–Crippen LogP) is 2.23. The van der Waals surface area contributed by atoms with Crippen molar-refractivity contribution in [3.8, 4) is 23.0 Å². The van der Waals surface area contributed by atoms with Crippen molar-refractivity contribution in [2.24, 2.45) is 5.10 Å². The largest absolute Gasteiger partial charge is 0.502 e. The first kappa shape index (κ1) is 20.6. The highest BCUT2D eigenvalue weighted by Gasteiger charge is 2.19. The second-order valence-corrected chi connectivity index (χ2v) is 6.09. The van der Waals surface area contributed by atoms with Gasteiger partial charge in [-0.15, -0.1) is 0 Å². The Labute approximate surface area is 169 Å². The fourth-order valence-electron chi connectivity index (χ4n) is 2.84. The standard InChI is InChI=1S/C19H18N4O7/c1-10-21-14-8-17(30-4)16(29-3)7-13(14)19(25)22(10)20-9-11-5-12(28-2)6-15(18(11)24)23(26)27/h5-9,24H,1-4H3. The number of ether oxygens (including phenoxy) is 3. The van der Waals surface area contributed by atoms with E-state index in [4.69, 9.17) is 14.2 Å². The van der Waals surface area contributed by atoms with Crippen LogP contribution in [0.1, 0.15) is 11.4 Å². The molecular weight excluding hydrogens is 396 g/mol. The first-order valence-electron chi connectivity index (χ1n) is 8.55. The van der Waals surface area contributed by atoms with Gasteiger partial charge < -0.3 is 19.3 Å². The number of aromatic hydroxyl groups is 1. The van der Waals surface area contributed by atoms with Crippen LogP contribution < -0.4 is 19.8 Å². The van der Waals surface area contributed by atoms with Gasteiger partial charge in [0, 0.05) is 11.6 Å². The van der Waals surface area contributed by atoms with Crippen LogP contribution >= 0.6 is 0 Å². The number of nitro groups is 1. The van der Waals surface area contributed by atoms with E-state index in [1.54, 1.807) is 13.0 Å². The van der Waals surface area contributed by atoms with Crippen molar-refractivity contribution in [1.29, 1.82) is 0 Å². The van der Waals surface area contributed by atoms with Crippen LogP contribution in [0.5, 0.6) is 23.0 Å². The van der Waals surface area contributed by atoms with E-state index in [1.807, 2.05) is 0 Å². The molecule has 2 aromatic carbocycles. The SMILES string of the molecule is COc1cc(C=Nn2c(C)nc3cc(OC)c(OC)cc3c2=O)c(O)c([N+](=O)[O-])c1. The van der Waals surface area contributed by atoms with E-state index < -0.39 is 21.9 Å². The number of hydrogen-bond acceptors (Lipinski definition) is 9. The second-order valence-electron chi connectivity index (χ2n) is 6.09. The summed E-state index contributed by atoms with van der Waals surface area (Å²) in [6.07, 6.45) is 1.12. The highest BCUT2D eigenvalue weighted by Crippen LogP contribution is 2.33. The molecule has 0 atom stereocenters. The lowest BCUT2D eigenvalue weighted by Gasteiger charge is -2.10. The van der Waals surface area contributed by atoms with Gasteiger partial charge in [-0.1, -0.05) is 0 Å². The average Bonchev–Trinajstić information content (AvgIpc) is 2.73. The van der Waals surface area contributed by atoms with E-state index in [-0.39, 0.29) is 22.5 Å². The van der Waals surface area contributed by atoms with Gasteiger partial charge in [0.1, 0.15) is 11.6 Å². The van der Waals surface area contributed by atoms with Gasteiger partial charge in [-0.2, -0.15) is 9.78 Å². The highest BCUT2D eigenvalue weighted by molar-refractivity contribution is 5.87. The summed E-state index contributed by atoms with van der Waals surface area (Å²) in [6.45, 7) is 1.57. The molecule has 0 saturated heterocycles. The second kappa shape index (κ2) is 8.07. The third kappa shape index (κ3) is 3.60. The van der Waals surface area contributed by atoms with Gasteiger partial charge in [0.2, 0.25) is 5.75 Å². The highest BCUT2D eigenvalue weighted by atomic mass is 16.6. The molecule has 0 aliphatic heterocycles. The number of nitrogens with zero attached hydrogens (tertiary/aromatic N) is 4. The van der Waals surface area contributed by atoms with Crippen LogP contribution in [0.25, 0.3) is 10.9 Å². The minimum Gasteiger partial charge on any atom is -0.502 e. The fraction of sp³-hybridized carbons (Fsp3) is 0.211. The summed E-state index contributed by atoms with van der Waals surface area (Å²) in [5.41, 5.74) is -0.652. The smallest absolute Gasteiger partial charge is 0.315 e. The Kier molecular flexibility index (Phi) is 5.54. The third-order valence-electron chi connectivity index (χ3n) is 4.35. The maximum atomic E-state index is 12.9. The minimum absolute atomic E-state index is 0.000224. The molecule has 0 radical (unpaired) electrons. The molecule has 3 aromatic rings. The summed E-state index contributed by atoms with van der Waals surface area (Å²) in [6, 6.07) is 5.51. The molecule has 11 heteroatoms. The molecule has 1 N–H and O–H groups in total. The van der Waals surface area contributed by atoms with Crippen LogP contribution in [0.2, 0.25) is 0 Å². The monoisotopic (exact) mass is 414 g/mol. The van der Waals surface area contributed by atoms with Crippen molar-refractivity contribution in [3.05, 3.63) is 56.1 Å². The van der Waals surface area contributed by atoms with Gasteiger partial charge in [0.15, 0.2) is 11.5 Å². The molecule has 0 bridgehead atoms. The maximum absolute atomic E-state index is 12.9. The van der Waals surface area contributed by atoms with Crippen LogP contribution in [0.15, 0.2) is 34.2 Å². The van der Waals surface area contributed by atoms with Gasteiger partial charge in [0.05, 0.1) is 49.4 Å². The number of phenolic OH excluding ortho intramolecular Hbond substituents is 1. The summed E-state index contributed by atoms with van der Waals surface area (Å²) >= 11 is 0. The number of fused-ring (bicyclic) bond motifs is 1.